The minimum atomic E-state index is -4.55. The number of rotatable bonds is 10. The monoisotopic (exact) mass is 613 g/mol. The molecule has 5 aromatic rings. The number of benzene rings is 2. The molecule has 5 rings (SSSR count). The second-order valence-electron chi connectivity index (χ2n) is 10.6. The van der Waals surface area contributed by atoms with Crippen LogP contribution in [-0.2, 0) is 19.3 Å². The number of alkyl halides is 3. The summed E-state index contributed by atoms with van der Waals surface area (Å²) < 4.78 is 39.6. The molecule has 0 aliphatic rings. The summed E-state index contributed by atoms with van der Waals surface area (Å²) in [6, 6.07) is 18.9. The molecule has 0 unspecified atom stereocenters. The van der Waals surface area contributed by atoms with Gasteiger partial charge in [0.25, 0.3) is 11.5 Å². The quantitative estimate of drug-likeness (QED) is 0.214. The summed E-state index contributed by atoms with van der Waals surface area (Å²) in [7, 11) is 4.05. The van der Waals surface area contributed by atoms with Crippen molar-refractivity contribution >= 4 is 34.5 Å². The number of fused-ring (bicyclic) bond motifs is 1. The molecule has 0 bridgehead atoms. The van der Waals surface area contributed by atoms with Crippen molar-refractivity contribution < 1.29 is 18.0 Å². The Morgan fingerprint density at radius 2 is 1.76 bits per heavy atom. The van der Waals surface area contributed by atoms with Crippen LogP contribution >= 0.6 is 0 Å². The molecule has 0 spiro atoms. The highest BCUT2D eigenvalue weighted by atomic mass is 19.4. The molecule has 0 atom stereocenters. The van der Waals surface area contributed by atoms with Crippen LogP contribution in [0.4, 0.5) is 24.8 Å². The van der Waals surface area contributed by atoms with E-state index in [2.05, 4.69) is 42.6 Å². The van der Waals surface area contributed by atoms with Gasteiger partial charge in [0.1, 0.15) is 11.3 Å². The standard InChI is InChI=1S/C33H30F3N7O2/c1-42(2)20-23-7-11-26(12-8-23)40-32-39-19-25-17-22(9-13-28(25)41-32)5-3-15-37-30(44)27-6-4-16-43(31(27)45)21-24-10-14-29(38-18-24)33(34,35)36/h3-14,16-19H,15,20-21H2,1-2H3,(H,37,44)(H,39,40,41)/b5-3+. The third kappa shape index (κ3) is 8.18. The Balaban J connectivity index is 1.17. The van der Waals surface area contributed by atoms with Gasteiger partial charge in [-0.05, 0) is 73.3 Å². The van der Waals surface area contributed by atoms with Gasteiger partial charge in [0, 0.05) is 42.8 Å². The van der Waals surface area contributed by atoms with E-state index in [1.165, 1.54) is 34.5 Å². The number of anilines is 2. The number of hydrogen-bond donors (Lipinski definition) is 2. The van der Waals surface area contributed by atoms with Gasteiger partial charge >= 0.3 is 6.18 Å². The van der Waals surface area contributed by atoms with Crippen molar-refractivity contribution in [3.63, 3.8) is 0 Å². The number of nitrogens with zero attached hydrogens (tertiary/aromatic N) is 5. The molecule has 2 aromatic carbocycles. The number of nitrogens with one attached hydrogen (secondary N) is 2. The van der Waals surface area contributed by atoms with Gasteiger partial charge in [0.2, 0.25) is 5.95 Å². The normalized spacial score (nSPS) is 11.8. The van der Waals surface area contributed by atoms with Gasteiger partial charge in [0.05, 0.1) is 12.1 Å². The van der Waals surface area contributed by atoms with Crippen molar-refractivity contribution in [1.29, 1.82) is 0 Å². The molecule has 0 saturated heterocycles. The Labute approximate surface area is 257 Å². The smallest absolute Gasteiger partial charge is 0.348 e. The van der Waals surface area contributed by atoms with E-state index in [-0.39, 0.29) is 18.7 Å². The Morgan fingerprint density at radius 3 is 2.47 bits per heavy atom. The number of halogens is 3. The van der Waals surface area contributed by atoms with Gasteiger partial charge in [-0.25, -0.2) is 9.97 Å². The number of carbonyl (C=O) groups is 1. The Morgan fingerprint density at radius 1 is 0.978 bits per heavy atom. The molecule has 0 fully saturated rings. The Kier molecular flexibility index (Phi) is 9.33. The van der Waals surface area contributed by atoms with Crippen LogP contribution in [0.15, 0.2) is 96.2 Å². The average Bonchev–Trinajstić information content (AvgIpc) is 3.01. The minimum Gasteiger partial charge on any atom is -0.348 e. The van der Waals surface area contributed by atoms with E-state index in [9.17, 15) is 22.8 Å². The lowest BCUT2D eigenvalue weighted by atomic mass is 10.1. The summed E-state index contributed by atoms with van der Waals surface area (Å²) >= 11 is 0. The summed E-state index contributed by atoms with van der Waals surface area (Å²) in [6.07, 6.45) is 3.31. The lowest BCUT2D eigenvalue weighted by molar-refractivity contribution is -0.141. The van der Waals surface area contributed by atoms with Gasteiger partial charge < -0.3 is 20.1 Å². The van der Waals surface area contributed by atoms with Gasteiger partial charge in [-0.15, -0.1) is 0 Å². The zero-order valence-corrected chi connectivity index (χ0v) is 24.5. The zero-order chi connectivity index (χ0) is 32.0. The molecule has 2 N–H and O–H groups in total. The number of aromatic nitrogens is 4. The minimum absolute atomic E-state index is 0.0294. The van der Waals surface area contributed by atoms with Crippen LogP contribution in [0.1, 0.15) is 32.7 Å². The summed E-state index contributed by atoms with van der Waals surface area (Å²) in [5, 5.41) is 6.77. The van der Waals surface area contributed by atoms with E-state index in [4.69, 9.17) is 0 Å². The second kappa shape index (κ2) is 13.5. The third-order valence-electron chi connectivity index (χ3n) is 6.74. The maximum atomic E-state index is 12.9. The lowest BCUT2D eigenvalue weighted by Crippen LogP contribution is -2.33. The van der Waals surface area contributed by atoms with E-state index < -0.39 is 23.3 Å². The van der Waals surface area contributed by atoms with Gasteiger partial charge in [-0.1, -0.05) is 36.4 Å². The summed E-state index contributed by atoms with van der Waals surface area (Å²) in [5.41, 5.74) is 2.48. The Hall–Kier alpha value is -5.36. The first kappa shape index (κ1) is 31.1. The van der Waals surface area contributed by atoms with Crippen molar-refractivity contribution in [2.24, 2.45) is 0 Å². The molecule has 0 aliphatic heterocycles. The van der Waals surface area contributed by atoms with Crippen LogP contribution in [0, 0.1) is 0 Å². The van der Waals surface area contributed by atoms with Gasteiger partial charge in [0.15, 0.2) is 0 Å². The van der Waals surface area contributed by atoms with E-state index >= 15 is 0 Å². The molecule has 45 heavy (non-hydrogen) atoms. The maximum Gasteiger partial charge on any atom is 0.433 e. The van der Waals surface area contributed by atoms with E-state index in [1.807, 2.05) is 50.5 Å². The lowest BCUT2D eigenvalue weighted by Gasteiger charge is -2.11. The second-order valence-corrected chi connectivity index (χ2v) is 10.6. The van der Waals surface area contributed by atoms with Crippen LogP contribution in [0.5, 0.6) is 0 Å². The van der Waals surface area contributed by atoms with Crippen LogP contribution in [-0.4, -0.2) is 51.0 Å². The third-order valence-corrected chi connectivity index (χ3v) is 6.74. The first-order valence-electron chi connectivity index (χ1n) is 14.0. The molecule has 230 valence electrons. The molecule has 12 heteroatoms. The molecule has 9 nitrogen and oxygen atoms in total. The van der Waals surface area contributed by atoms with E-state index in [0.717, 1.165) is 41.0 Å². The molecule has 0 saturated carbocycles. The highest BCUT2D eigenvalue weighted by molar-refractivity contribution is 5.94. The molecule has 1 amide bonds. The fourth-order valence-corrected chi connectivity index (χ4v) is 4.56. The predicted molar refractivity (Wildman–Crippen MR) is 167 cm³/mol. The number of hydrogen-bond acceptors (Lipinski definition) is 7. The van der Waals surface area contributed by atoms with Gasteiger partial charge in [-0.3, -0.25) is 14.6 Å². The molecular formula is C33H30F3N7O2. The highest BCUT2D eigenvalue weighted by Gasteiger charge is 2.32. The van der Waals surface area contributed by atoms with Gasteiger partial charge in [-0.2, -0.15) is 13.2 Å². The van der Waals surface area contributed by atoms with Crippen LogP contribution < -0.4 is 16.2 Å². The first-order chi connectivity index (χ1) is 21.5. The fraction of sp³-hybridized carbons (Fsp3) is 0.182. The summed E-state index contributed by atoms with van der Waals surface area (Å²) in [4.78, 5) is 40.1. The van der Waals surface area contributed by atoms with Crippen LogP contribution in [0.2, 0.25) is 0 Å². The predicted octanol–water partition coefficient (Wildman–Crippen LogP) is 5.50. The SMILES string of the molecule is CN(C)Cc1ccc(Nc2ncc3cc(/C=C/CNC(=O)c4cccn(Cc5ccc(C(F)(F)F)nc5)c4=O)ccc3n2)cc1. The van der Waals surface area contributed by atoms with E-state index in [0.29, 0.717) is 11.5 Å². The molecule has 0 aliphatic carbocycles. The highest BCUT2D eigenvalue weighted by Crippen LogP contribution is 2.27. The number of pyridine rings is 2. The molecular weight excluding hydrogens is 583 g/mol. The maximum absolute atomic E-state index is 12.9. The summed E-state index contributed by atoms with van der Waals surface area (Å²) in [6.45, 7) is 0.998. The number of carbonyl (C=O) groups excluding carboxylic acids is 1. The van der Waals surface area contributed by atoms with Crippen molar-refractivity contribution in [1.82, 2.24) is 29.7 Å². The fourth-order valence-electron chi connectivity index (χ4n) is 4.56. The molecule has 3 heterocycles. The van der Waals surface area contributed by atoms with Crippen molar-refractivity contribution in [3.8, 4) is 0 Å². The average molecular weight is 614 g/mol. The van der Waals surface area contributed by atoms with Crippen LogP contribution in [0.3, 0.4) is 0 Å². The summed E-state index contributed by atoms with van der Waals surface area (Å²) in [5.74, 6) is -0.0753. The largest absolute Gasteiger partial charge is 0.433 e. The topological polar surface area (TPSA) is 105 Å². The first-order valence-corrected chi connectivity index (χ1v) is 14.0. The molecule has 0 radical (unpaired) electrons. The van der Waals surface area contributed by atoms with Crippen molar-refractivity contribution in [2.75, 3.05) is 26.0 Å². The molecule has 3 aromatic heterocycles. The van der Waals surface area contributed by atoms with E-state index in [1.54, 1.807) is 12.3 Å². The number of amides is 1. The zero-order valence-electron chi connectivity index (χ0n) is 24.5. The van der Waals surface area contributed by atoms with Crippen molar-refractivity contribution in [2.45, 2.75) is 19.3 Å². The van der Waals surface area contributed by atoms with Crippen LogP contribution in [0.25, 0.3) is 17.0 Å². The van der Waals surface area contributed by atoms with Crippen molar-refractivity contribution in [3.05, 3.63) is 130 Å². The Bertz CT molecular complexity index is 1880.